The lowest BCUT2D eigenvalue weighted by molar-refractivity contribution is 0.136. The van der Waals surface area contributed by atoms with Crippen molar-refractivity contribution >= 4 is 6.09 Å². The molecule has 1 fully saturated rings. The van der Waals surface area contributed by atoms with Gasteiger partial charge in [-0.1, -0.05) is 6.07 Å². The van der Waals surface area contributed by atoms with Gasteiger partial charge < -0.3 is 15.4 Å². The molecule has 2 heterocycles. The Kier molecular flexibility index (Phi) is 3.71. The Morgan fingerprint density at radius 2 is 2.62 bits per heavy atom. The Morgan fingerprint density at radius 3 is 3.31 bits per heavy atom. The van der Waals surface area contributed by atoms with E-state index in [2.05, 4.69) is 15.6 Å². The number of carbonyl (C=O) groups is 1. The molecule has 5 nitrogen and oxygen atoms in total. The van der Waals surface area contributed by atoms with Crippen LogP contribution in [0.25, 0.3) is 0 Å². The number of aromatic nitrogens is 1. The maximum Gasteiger partial charge on any atom is 0.407 e. The molecule has 0 aromatic carbocycles. The third-order valence-corrected chi connectivity index (χ3v) is 2.48. The minimum absolute atomic E-state index is 0.196. The molecular formula is C11H15N3O2. The van der Waals surface area contributed by atoms with Crippen LogP contribution in [-0.2, 0) is 11.3 Å². The number of ether oxygens (including phenoxy) is 1. The summed E-state index contributed by atoms with van der Waals surface area (Å²) in [5.41, 5.74) is 0.891. The SMILES string of the molecule is O=C(NC1CCNC1)OCc1cccnc1. The second kappa shape index (κ2) is 5.46. The summed E-state index contributed by atoms with van der Waals surface area (Å²) in [7, 11) is 0. The van der Waals surface area contributed by atoms with Crippen LogP contribution in [0, 0.1) is 0 Å². The third kappa shape index (κ3) is 3.20. The lowest BCUT2D eigenvalue weighted by Crippen LogP contribution is -2.36. The molecule has 0 spiro atoms. The summed E-state index contributed by atoms with van der Waals surface area (Å²) >= 11 is 0. The minimum atomic E-state index is -0.363. The molecule has 86 valence electrons. The number of nitrogens with zero attached hydrogens (tertiary/aromatic N) is 1. The highest BCUT2D eigenvalue weighted by Crippen LogP contribution is 2.00. The number of hydrogen-bond donors (Lipinski definition) is 2. The summed E-state index contributed by atoms with van der Waals surface area (Å²) in [6.07, 6.45) is 3.97. The molecule has 1 aromatic rings. The number of amides is 1. The molecule has 1 amide bonds. The quantitative estimate of drug-likeness (QED) is 0.787. The van der Waals surface area contributed by atoms with Crippen molar-refractivity contribution in [3.63, 3.8) is 0 Å². The Hall–Kier alpha value is -1.62. The van der Waals surface area contributed by atoms with Gasteiger partial charge >= 0.3 is 6.09 Å². The van der Waals surface area contributed by atoms with Gasteiger partial charge in [0.2, 0.25) is 0 Å². The lowest BCUT2D eigenvalue weighted by atomic mass is 10.3. The Morgan fingerprint density at radius 1 is 1.69 bits per heavy atom. The van der Waals surface area contributed by atoms with Crippen LogP contribution in [0.2, 0.25) is 0 Å². The molecule has 2 rings (SSSR count). The summed E-state index contributed by atoms with van der Waals surface area (Å²) in [5, 5.41) is 5.98. The van der Waals surface area contributed by atoms with Crippen molar-refractivity contribution in [2.45, 2.75) is 19.1 Å². The molecule has 16 heavy (non-hydrogen) atoms. The molecule has 1 atom stereocenters. The molecule has 0 bridgehead atoms. The van der Waals surface area contributed by atoms with E-state index in [0.29, 0.717) is 0 Å². The topological polar surface area (TPSA) is 63.2 Å². The van der Waals surface area contributed by atoms with Gasteiger partial charge in [-0.15, -0.1) is 0 Å². The van der Waals surface area contributed by atoms with Crippen molar-refractivity contribution in [2.75, 3.05) is 13.1 Å². The highest BCUT2D eigenvalue weighted by atomic mass is 16.5. The van der Waals surface area contributed by atoms with Gasteiger partial charge in [-0.05, 0) is 19.0 Å². The van der Waals surface area contributed by atoms with Crippen LogP contribution in [0.15, 0.2) is 24.5 Å². The number of carbonyl (C=O) groups excluding carboxylic acids is 1. The zero-order chi connectivity index (χ0) is 11.2. The predicted molar refractivity (Wildman–Crippen MR) is 58.8 cm³/mol. The molecule has 1 aliphatic heterocycles. The van der Waals surface area contributed by atoms with Crippen molar-refractivity contribution in [1.82, 2.24) is 15.6 Å². The van der Waals surface area contributed by atoms with E-state index in [1.807, 2.05) is 12.1 Å². The van der Waals surface area contributed by atoms with Gasteiger partial charge in [-0.3, -0.25) is 4.98 Å². The average molecular weight is 221 g/mol. The van der Waals surface area contributed by atoms with Crippen LogP contribution in [0.5, 0.6) is 0 Å². The number of nitrogens with one attached hydrogen (secondary N) is 2. The standard InChI is InChI=1S/C11H15N3O2/c15-11(14-10-3-5-13-7-10)16-8-9-2-1-4-12-6-9/h1-2,4,6,10,13H,3,5,7-8H2,(H,14,15). The van der Waals surface area contributed by atoms with Crippen LogP contribution in [0.1, 0.15) is 12.0 Å². The first kappa shape index (κ1) is 10.9. The van der Waals surface area contributed by atoms with Gasteiger partial charge in [0.15, 0.2) is 0 Å². The van der Waals surface area contributed by atoms with Crippen LogP contribution < -0.4 is 10.6 Å². The second-order valence-electron chi connectivity index (χ2n) is 3.77. The van der Waals surface area contributed by atoms with Crippen LogP contribution >= 0.6 is 0 Å². The fraction of sp³-hybridized carbons (Fsp3) is 0.455. The molecule has 1 unspecified atom stereocenters. The summed E-state index contributed by atoms with van der Waals surface area (Å²) in [6.45, 7) is 2.04. The van der Waals surface area contributed by atoms with E-state index in [0.717, 1.165) is 25.1 Å². The third-order valence-electron chi connectivity index (χ3n) is 2.48. The average Bonchev–Trinajstić information content (AvgIpc) is 2.81. The molecule has 5 heteroatoms. The normalized spacial score (nSPS) is 19.4. The van der Waals surface area contributed by atoms with Crippen LogP contribution in [0.4, 0.5) is 4.79 Å². The smallest absolute Gasteiger partial charge is 0.407 e. The van der Waals surface area contributed by atoms with Crippen molar-refractivity contribution in [2.24, 2.45) is 0 Å². The summed E-state index contributed by atoms with van der Waals surface area (Å²) in [6, 6.07) is 3.89. The van der Waals surface area contributed by atoms with E-state index in [1.165, 1.54) is 0 Å². The van der Waals surface area contributed by atoms with Crippen LogP contribution in [0.3, 0.4) is 0 Å². The van der Waals surface area contributed by atoms with Gasteiger partial charge in [-0.2, -0.15) is 0 Å². The molecule has 0 aliphatic carbocycles. The van der Waals surface area contributed by atoms with Crippen molar-refractivity contribution in [3.8, 4) is 0 Å². The molecular weight excluding hydrogens is 206 g/mol. The number of rotatable bonds is 3. The number of pyridine rings is 1. The number of alkyl carbamates (subject to hydrolysis) is 1. The largest absolute Gasteiger partial charge is 0.445 e. The van der Waals surface area contributed by atoms with Gasteiger partial charge in [0.25, 0.3) is 0 Å². The van der Waals surface area contributed by atoms with E-state index in [4.69, 9.17) is 4.74 Å². The maximum atomic E-state index is 11.4. The maximum absolute atomic E-state index is 11.4. The molecule has 0 saturated carbocycles. The molecule has 1 aromatic heterocycles. The first-order valence-corrected chi connectivity index (χ1v) is 5.37. The fourth-order valence-electron chi connectivity index (χ4n) is 1.62. The second-order valence-corrected chi connectivity index (χ2v) is 3.77. The molecule has 0 radical (unpaired) electrons. The minimum Gasteiger partial charge on any atom is -0.445 e. The van der Waals surface area contributed by atoms with E-state index in [1.54, 1.807) is 12.4 Å². The van der Waals surface area contributed by atoms with E-state index >= 15 is 0 Å². The Bertz CT molecular complexity index is 336. The zero-order valence-electron chi connectivity index (χ0n) is 8.98. The highest BCUT2D eigenvalue weighted by molar-refractivity contribution is 5.67. The first-order chi connectivity index (χ1) is 7.84. The lowest BCUT2D eigenvalue weighted by Gasteiger charge is -2.11. The van der Waals surface area contributed by atoms with E-state index in [9.17, 15) is 4.79 Å². The van der Waals surface area contributed by atoms with E-state index < -0.39 is 0 Å². The zero-order valence-corrected chi connectivity index (χ0v) is 8.98. The molecule has 1 saturated heterocycles. The molecule has 1 aliphatic rings. The fourth-order valence-corrected chi connectivity index (χ4v) is 1.62. The van der Waals surface area contributed by atoms with Gasteiger partial charge in [0.05, 0.1) is 0 Å². The van der Waals surface area contributed by atoms with E-state index in [-0.39, 0.29) is 18.7 Å². The monoisotopic (exact) mass is 221 g/mol. The van der Waals surface area contributed by atoms with Crippen molar-refractivity contribution < 1.29 is 9.53 Å². The summed E-state index contributed by atoms with van der Waals surface area (Å²) < 4.78 is 5.07. The van der Waals surface area contributed by atoms with Crippen molar-refractivity contribution in [3.05, 3.63) is 30.1 Å². The number of hydrogen-bond acceptors (Lipinski definition) is 4. The van der Waals surface area contributed by atoms with Crippen molar-refractivity contribution in [1.29, 1.82) is 0 Å². The van der Waals surface area contributed by atoms with Crippen LogP contribution in [-0.4, -0.2) is 30.2 Å². The predicted octanol–water partition coefficient (Wildman–Crippen LogP) is 0.670. The highest BCUT2D eigenvalue weighted by Gasteiger charge is 2.16. The van der Waals surface area contributed by atoms with Gasteiger partial charge in [0, 0.05) is 30.5 Å². The van der Waals surface area contributed by atoms with Gasteiger partial charge in [0.1, 0.15) is 6.61 Å². The summed E-state index contributed by atoms with van der Waals surface area (Å²) in [5.74, 6) is 0. The Labute approximate surface area is 94.2 Å². The van der Waals surface area contributed by atoms with Gasteiger partial charge in [-0.25, -0.2) is 4.79 Å². The Balaban J connectivity index is 1.71. The molecule has 2 N–H and O–H groups in total. The first-order valence-electron chi connectivity index (χ1n) is 5.37. The summed E-state index contributed by atoms with van der Waals surface area (Å²) in [4.78, 5) is 15.3.